The summed E-state index contributed by atoms with van der Waals surface area (Å²) in [6.45, 7) is 0.766. The molecular formula is C22H22N3O3S+. The van der Waals surface area contributed by atoms with Crippen LogP contribution in [0.25, 0.3) is 10.8 Å². The minimum atomic E-state index is -3.69. The summed E-state index contributed by atoms with van der Waals surface area (Å²) < 4.78 is 27.7. The van der Waals surface area contributed by atoms with E-state index in [2.05, 4.69) is 15.0 Å². The lowest BCUT2D eigenvalue weighted by Gasteiger charge is -2.09. The number of carbonyl (C=O) groups is 1. The van der Waals surface area contributed by atoms with Gasteiger partial charge in [0.05, 0.1) is 19.4 Å². The lowest BCUT2D eigenvalue weighted by atomic mass is 10.0. The Morgan fingerprint density at radius 3 is 2.62 bits per heavy atom. The molecule has 0 saturated carbocycles. The number of sulfonamides is 1. The monoisotopic (exact) mass is 408 g/mol. The molecule has 29 heavy (non-hydrogen) atoms. The minimum absolute atomic E-state index is 0.113. The first kappa shape index (κ1) is 19.1. The molecule has 3 aromatic carbocycles. The highest BCUT2D eigenvalue weighted by molar-refractivity contribution is 7.90. The average molecular weight is 409 g/mol. The van der Waals surface area contributed by atoms with E-state index in [4.69, 9.17) is 0 Å². The maximum Gasteiger partial charge on any atom is 0.328 e. The predicted molar refractivity (Wildman–Crippen MR) is 113 cm³/mol. The highest BCUT2D eigenvalue weighted by Gasteiger charge is 2.24. The van der Waals surface area contributed by atoms with Crippen molar-refractivity contribution >= 4 is 38.2 Å². The Hall–Kier alpha value is -3.19. The Kier molecular flexibility index (Phi) is 5.31. The summed E-state index contributed by atoms with van der Waals surface area (Å²) in [5.74, 6) is 0.408. The van der Waals surface area contributed by atoms with E-state index in [0.717, 1.165) is 29.3 Å². The second-order valence-electron chi connectivity index (χ2n) is 7.01. The molecule has 3 N–H and O–H groups in total. The third-order valence-corrected chi connectivity index (χ3v) is 6.25. The molecule has 0 saturated heterocycles. The second kappa shape index (κ2) is 8.05. The summed E-state index contributed by atoms with van der Waals surface area (Å²) in [5.41, 5.74) is 1.37. The lowest BCUT2D eigenvalue weighted by Crippen LogP contribution is -2.72. The first-order valence-corrected chi connectivity index (χ1v) is 11.0. The van der Waals surface area contributed by atoms with Crippen molar-refractivity contribution in [3.63, 3.8) is 0 Å². The Balaban J connectivity index is 1.49. The standard InChI is InChI=1S/C22H21N3O3S/c26-22(14-17-8-3-7-16-6-1-2-11-20(16)17)24-18-9-4-10-19(15-18)29(27,28)25-21-12-5-13-23-21/h1-4,6-11,15H,5,12-14H2,(H,23,25)(H,24,26)/p+1. The van der Waals surface area contributed by atoms with Gasteiger partial charge < -0.3 is 5.32 Å². The van der Waals surface area contributed by atoms with Crippen molar-refractivity contribution in [3.05, 3.63) is 72.3 Å². The molecule has 148 valence electrons. The molecule has 1 amide bonds. The summed E-state index contributed by atoms with van der Waals surface area (Å²) in [4.78, 5) is 15.7. The first-order valence-electron chi connectivity index (χ1n) is 9.50. The summed E-state index contributed by atoms with van der Waals surface area (Å²) in [6.07, 6.45) is 1.79. The second-order valence-corrected chi connectivity index (χ2v) is 8.69. The quantitative estimate of drug-likeness (QED) is 0.599. The maximum absolute atomic E-state index is 12.6. The molecule has 0 aliphatic carbocycles. The minimum Gasteiger partial charge on any atom is -0.326 e. The highest BCUT2D eigenvalue weighted by atomic mass is 32.2. The Labute approximate surface area is 169 Å². The van der Waals surface area contributed by atoms with Gasteiger partial charge in [-0.15, -0.1) is 0 Å². The molecule has 0 bridgehead atoms. The van der Waals surface area contributed by atoms with E-state index in [1.807, 2.05) is 42.5 Å². The maximum atomic E-state index is 12.6. The largest absolute Gasteiger partial charge is 0.328 e. The number of rotatable bonds is 5. The van der Waals surface area contributed by atoms with Gasteiger partial charge >= 0.3 is 10.0 Å². The number of hydrogen-bond acceptors (Lipinski definition) is 3. The van der Waals surface area contributed by atoms with Crippen molar-refractivity contribution in [2.45, 2.75) is 24.2 Å². The van der Waals surface area contributed by atoms with Crippen LogP contribution >= 0.6 is 0 Å². The molecule has 0 spiro atoms. The molecule has 1 aliphatic rings. The van der Waals surface area contributed by atoms with Crippen LogP contribution < -0.4 is 15.0 Å². The smallest absolute Gasteiger partial charge is 0.326 e. The number of amides is 1. The highest BCUT2D eigenvalue weighted by Crippen LogP contribution is 2.20. The zero-order valence-corrected chi connectivity index (χ0v) is 16.6. The van der Waals surface area contributed by atoms with Gasteiger partial charge in [-0.1, -0.05) is 48.5 Å². The number of amidine groups is 1. The summed E-state index contributed by atoms with van der Waals surface area (Å²) in [7, 11) is -3.69. The van der Waals surface area contributed by atoms with Gasteiger partial charge in [0.15, 0.2) is 0 Å². The van der Waals surface area contributed by atoms with Crippen LogP contribution in [0.1, 0.15) is 18.4 Å². The van der Waals surface area contributed by atoms with Gasteiger partial charge in [0, 0.05) is 5.69 Å². The van der Waals surface area contributed by atoms with Crippen LogP contribution in [0.2, 0.25) is 0 Å². The number of carbonyl (C=O) groups excluding carboxylic acids is 1. The lowest BCUT2D eigenvalue weighted by molar-refractivity contribution is -0.448. The molecule has 0 fully saturated rings. The Bertz CT molecular complexity index is 1200. The van der Waals surface area contributed by atoms with Crippen LogP contribution in [0.4, 0.5) is 5.69 Å². The molecule has 0 atom stereocenters. The van der Waals surface area contributed by atoms with Crippen molar-refractivity contribution in [3.8, 4) is 0 Å². The van der Waals surface area contributed by atoms with E-state index in [0.29, 0.717) is 17.9 Å². The fourth-order valence-corrected chi connectivity index (χ4v) is 4.62. The van der Waals surface area contributed by atoms with Crippen LogP contribution in [0.3, 0.4) is 0 Å². The number of nitrogens with one attached hydrogen (secondary N) is 3. The zero-order chi connectivity index (χ0) is 20.3. The fraction of sp³-hybridized carbons (Fsp3) is 0.182. The molecule has 6 nitrogen and oxygen atoms in total. The Morgan fingerprint density at radius 1 is 1.00 bits per heavy atom. The predicted octanol–water partition coefficient (Wildman–Crippen LogP) is 1.57. The van der Waals surface area contributed by atoms with Gasteiger partial charge in [0.2, 0.25) is 5.91 Å². The van der Waals surface area contributed by atoms with Crippen LogP contribution in [0, 0.1) is 0 Å². The third-order valence-electron chi connectivity index (χ3n) is 4.86. The molecule has 0 unspecified atom stereocenters. The van der Waals surface area contributed by atoms with Crippen LogP contribution in [0.15, 0.2) is 71.6 Å². The third kappa shape index (κ3) is 4.46. The van der Waals surface area contributed by atoms with Gasteiger partial charge in [0.1, 0.15) is 4.90 Å². The van der Waals surface area contributed by atoms with E-state index in [-0.39, 0.29) is 17.2 Å². The molecular weight excluding hydrogens is 386 g/mol. The summed E-state index contributed by atoms with van der Waals surface area (Å²) >= 11 is 0. The van der Waals surface area contributed by atoms with Gasteiger partial charge in [0.25, 0.3) is 5.84 Å². The number of hydrogen-bond donors (Lipinski definition) is 3. The van der Waals surface area contributed by atoms with Crippen molar-refractivity contribution in [2.24, 2.45) is 0 Å². The number of fused-ring (bicyclic) bond motifs is 1. The molecule has 1 heterocycles. The fourth-order valence-electron chi connectivity index (χ4n) is 3.47. The molecule has 3 aromatic rings. The molecule has 1 aliphatic heterocycles. The molecule has 0 radical (unpaired) electrons. The summed E-state index contributed by atoms with van der Waals surface area (Å²) in [6, 6.07) is 20.1. The van der Waals surface area contributed by atoms with Gasteiger partial charge in [-0.3, -0.25) is 9.79 Å². The van der Waals surface area contributed by atoms with Crippen LogP contribution in [-0.2, 0) is 21.2 Å². The number of anilines is 1. The Morgan fingerprint density at radius 2 is 1.79 bits per heavy atom. The zero-order valence-electron chi connectivity index (χ0n) is 15.8. The van der Waals surface area contributed by atoms with Crippen molar-refractivity contribution in [1.82, 2.24) is 4.72 Å². The summed E-state index contributed by atoms with van der Waals surface area (Å²) in [5, 5.41) is 4.92. The van der Waals surface area contributed by atoms with Crippen LogP contribution in [-0.4, -0.2) is 26.7 Å². The van der Waals surface area contributed by atoms with E-state index in [9.17, 15) is 13.2 Å². The van der Waals surface area contributed by atoms with Gasteiger partial charge in [-0.05, 0) is 41.0 Å². The van der Waals surface area contributed by atoms with E-state index < -0.39 is 10.0 Å². The molecule has 4 rings (SSSR count). The van der Waals surface area contributed by atoms with Crippen molar-refractivity contribution in [1.29, 1.82) is 0 Å². The van der Waals surface area contributed by atoms with Crippen molar-refractivity contribution < 1.29 is 18.2 Å². The molecule has 0 aromatic heterocycles. The van der Waals surface area contributed by atoms with Crippen LogP contribution in [0.5, 0.6) is 0 Å². The van der Waals surface area contributed by atoms with Crippen molar-refractivity contribution in [2.75, 3.05) is 11.9 Å². The SMILES string of the molecule is O=C(Cc1cccc2ccccc12)Nc1cccc(S(=O)(=O)NC2=[NH+]CCC2)c1. The normalized spacial score (nSPS) is 13.9. The van der Waals surface area contributed by atoms with E-state index >= 15 is 0 Å². The molecule has 7 heteroatoms. The topological polar surface area (TPSA) is 89.2 Å². The average Bonchev–Trinajstić information content (AvgIpc) is 3.21. The first-order chi connectivity index (χ1) is 14.0. The number of benzene rings is 3. The van der Waals surface area contributed by atoms with Gasteiger partial charge in [-0.25, -0.2) is 0 Å². The van der Waals surface area contributed by atoms with Gasteiger partial charge in [-0.2, -0.15) is 13.1 Å². The van der Waals surface area contributed by atoms with E-state index in [1.165, 1.54) is 12.1 Å². The van der Waals surface area contributed by atoms with E-state index in [1.54, 1.807) is 12.1 Å².